The molecular formula is C15H18N2O3. The van der Waals surface area contributed by atoms with Crippen molar-refractivity contribution >= 4 is 11.4 Å². The van der Waals surface area contributed by atoms with Crippen molar-refractivity contribution in [2.75, 3.05) is 33.4 Å². The second-order valence-electron chi connectivity index (χ2n) is 4.86. The van der Waals surface area contributed by atoms with Gasteiger partial charge in [0, 0.05) is 36.6 Å². The van der Waals surface area contributed by atoms with Crippen LogP contribution in [-0.4, -0.2) is 48.6 Å². The fraction of sp³-hybridized carbons (Fsp3) is 0.400. The van der Waals surface area contributed by atoms with Crippen LogP contribution in [0.2, 0.25) is 0 Å². The SMILES string of the molecule is COc1ccn2c(CC(=O)N3CCOCC3)ccc2c1. The standard InChI is InChI=1S/C15H18N2O3/c1-19-14-4-5-17-12(10-14)2-3-13(17)11-15(18)16-6-8-20-9-7-16/h2-5,10H,6-9,11H2,1H3. The number of rotatable bonds is 3. The lowest BCUT2D eigenvalue weighted by molar-refractivity contribution is -0.134. The largest absolute Gasteiger partial charge is 0.497 e. The Morgan fingerprint density at radius 3 is 2.85 bits per heavy atom. The van der Waals surface area contributed by atoms with Crippen LogP contribution in [0, 0.1) is 0 Å². The van der Waals surface area contributed by atoms with E-state index in [9.17, 15) is 4.79 Å². The van der Waals surface area contributed by atoms with E-state index in [0.29, 0.717) is 32.7 Å². The van der Waals surface area contributed by atoms with Crippen LogP contribution in [0.4, 0.5) is 0 Å². The zero-order chi connectivity index (χ0) is 13.9. The van der Waals surface area contributed by atoms with Crippen LogP contribution in [0.1, 0.15) is 5.69 Å². The number of ether oxygens (including phenoxy) is 2. The van der Waals surface area contributed by atoms with Crippen molar-refractivity contribution in [1.82, 2.24) is 9.30 Å². The number of amides is 1. The van der Waals surface area contributed by atoms with Gasteiger partial charge in [-0.2, -0.15) is 0 Å². The number of carbonyl (C=O) groups is 1. The van der Waals surface area contributed by atoms with Crippen LogP contribution < -0.4 is 4.74 Å². The van der Waals surface area contributed by atoms with E-state index in [1.165, 1.54) is 0 Å². The summed E-state index contributed by atoms with van der Waals surface area (Å²) in [6.45, 7) is 2.65. The quantitative estimate of drug-likeness (QED) is 0.848. The maximum Gasteiger partial charge on any atom is 0.228 e. The molecule has 0 aromatic carbocycles. The molecule has 1 saturated heterocycles. The van der Waals surface area contributed by atoms with Crippen LogP contribution in [0.3, 0.4) is 0 Å². The minimum Gasteiger partial charge on any atom is -0.497 e. The number of aromatic nitrogens is 1. The molecule has 2 aromatic heterocycles. The molecule has 5 nitrogen and oxygen atoms in total. The predicted octanol–water partition coefficient (Wildman–Crippen LogP) is 1.35. The third-order valence-electron chi connectivity index (χ3n) is 3.64. The first-order valence-corrected chi connectivity index (χ1v) is 6.77. The number of pyridine rings is 1. The highest BCUT2D eigenvalue weighted by Gasteiger charge is 2.18. The molecule has 0 radical (unpaired) electrons. The van der Waals surface area contributed by atoms with Gasteiger partial charge in [-0.05, 0) is 18.2 Å². The molecule has 0 atom stereocenters. The Morgan fingerprint density at radius 1 is 1.30 bits per heavy atom. The van der Waals surface area contributed by atoms with Crippen molar-refractivity contribution in [3.8, 4) is 5.75 Å². The number of nitrogens with zero attached hydrogens (tertiary/aromatic N) is 2. The van der Waals surface area contributed by atoms with Gasteiger partial charge in [0.25, 0.3) is 0 Å². The first kappa shape index (κ1) is 13.0. The molecule has 0 aliphatic carbocycles. The number of hydrogen-bond acceptors (Lipinski definition) is 3. The third kappa shape index (κ3) is 2.49. The normalized spacial score (nSPS) is 15.6. The highest BCUT2D eigenvalue weighted by Crippen LogP contribution is 2.18. The molecule has 0 saturated carbocycles. The summed E-state index contributed by atoms with van der Waals surface area (Å²) in [6.07, 6.45) is 2.36. The molecule has 0 bridgehead atoms. The van der Waals surface area contributed by atoms with E-state index < -0.39 is 0 Å². The summed E-state index contributed by atoms with van der Waals surface area (Å²) in [5.74, 6) is 0.978. The molecule has 20 heavy (non-hydrogen) atoms. The van der Waals surface area contributed by atoms with Crippen molar-refractivity contribution in [1.29, 1.82) is 0 Å². The predicted molar refractivity (Wildman–Crippen MR) is 75.1 cm³/mol. The topological polar surface area (TPSA) is 43.2 Å². The number of carbonyl (C=O) groups excluding carboxylic acids is 1. The summed E-state index contributed by atoms with van der Waals surface area (Å²) < 4.78 is 12.5. The van der Waals surface area contributed by atoms with E-state index in [1.54, 1.807) is 7.11 Å². The lowest BCUT2D eigenvalue weighted by atomic mass is 10.2. The Kier molecular flexibility index (Phi) is 3.60. The van der Waals surface area contributed by atoms with Crippen LogP contribution in [0.5, 0.6) is 5.75 Å². The van der Waals surface area contributed by atoms with Gasteiger partial charge in [-0.1, -0.05) is 0 Å². The maximum absolute atomic E-state index is 12.3. The third-order valence-corrected chi connectivity index (χ3v) is 3.64. The number of hydrogen-bond donors (Lipinski definition) is 0. The van der Waals surface area contributed by atoms with Crippen LogP contribution in [0.15, 0.2) is 30.5 Å². The molecule has 5 heteroatoms. The van der Waals surface area contributed by atoms with Gasteiger partial charge >= 0.3 is 0 Å². The Hall–Kier alpha value is -2.01. The Balaban J connectivity index is 1.78. The molecule has 106 valence electrons. The van der Waals surface area contributed by atoms with Gasteiger partial charge in [-0.15, -0.1) is 0 Å². The Morgan fingerprint density at radius 2 is 2.10 bits per heavy atom. The molecular weight excluding hydrogens is 256 g/mol. The molecule has 1 aliphatic heterocycles. The highest BCUT2D eigenvalue weighted by molar-refractivity contribution is 5.79. The van der Waals surface area contributed by atoms with Crippen molar-refractivity contribution in [2.45, 2.75) is 6.42 Å². The smallest absolute Gasteiger partial charge is 0.228 e. The minimum atomic E-state index is 0.157. The Bertz CT molecular complexity index is 615. The summed E-state index contributed by atoms with van der Waals surface area (Å²) >= 11 is 0. The average molecular weight is 274 g/mol. The molecule has 1 aliphatic rings. The maximum atomic E-state index is 12.3. The summed E-state index contributed by atoms with van der Waals surface area (Å²) in [5, 5.41) is 0. The number of morpholine rings is 1. The van der Waals surface area contributed by atoms with Crippen LogP contribution in [0.25, 0.3) is 5.52 Å². The molecule has 1 amide bonds. The van der Waals surface area contributed by atoms with Crippen molar-refractivity contribution in [2.24, 2.45) is 0 Å². The minimum absolute atomic E-state index is 0.157. The molecule has 3 rings (SSSR count). The van der Waals surface area contributed by atoms with Crippen molar-refractivity contribution in [3.05, 3.63) is 36.2 Å². The monoisotopic (exact) mass is 274 g/mol. The van der Waals surface area contributed by atoms with E-state index in [0.717, 1.165) is 17.0 Å². The number of fused-ring (bicyclic) bond motifs is 1. The van der Waals surface area contributed by atoms with Gasteiger partial charge in [0.1, 0.15) is 5.75 Å². The lowest BCUT2D eigenvalue weighted by Gasteiger charge is -2.26. The Labute approximate surface area is 117 Å². The fourth-order valence-corrected chi connectivity index (χ4v) is 2.50. The molecule has 0 unspecified atom stereocenters. The second-order valence-corrected chi connectivity index (χ2v) is 4.86. The van der Waals surface area contributed by atoms with Gasteiger partial charge in [0.15, 0.2) is 0 Å². The van der Waals surface area contributed by atoms with Gasteiger partial charge in [-0.3, -0.25) is 4.79 Å². The van der Waals surface area contributed by atoms with Crippen molar-refractivity contribution < 1.29 is 14.3 Å². The van der Waals surface area contributed by atoms with E-state index >= 15 is 0 Å². The zero-order valence-corrected chi connectivity index (χ0v) is 11.5. The molecule has 3 heterocycles. The molecule has 0 N–H and O–H groups in total. The van der Waals surface area contributed by atoms with E-state index in [4.69, 9.17) is 9.47 Å². The highest BCUT2D eigenvalue weighted by atomic mass is 16.5. The molecule has 2 aromatic rings. The summed E-state index contributed by atoms with van der Waals surface area (Å²) in [5.41, 5.74) is 2.04. The van der Waals surface area contributed by atoms with Crippen molar-refractivity contribution in [3.63, 3.8) is 0 Å². The second kappa shape index (κ2) is 5.54. The average Bonchev–Trinajstić information content (AvgIpc) is 2.90. The molecule has 1 fully saturated rings. The first-order valence-electron chi connectivity index (χ1n) is 6.77. The summed E-state index contributed by atoms with van der Waals surface area (Å²) in [6, 6.07) is 7.86. The van der Waals surface area contributed by atoms with E-state index in [1.807, 2.05) is 39.8 Å². The summed E-state index contributed by atoms with van der Waals surface area (Å²) in [4.78, 5) is 14.1. The summed E-state index contributed by atoms with van der Waals surface area (Å²) in [7, 11) is 1.65. The van der Waals surface area contributed by atoms with Gasteiger partial charge in [0.2, 0.25) is 5.91 Å². The van der Waals surface area contributed by atoms with Gasteiger partial charge in [0.05, 0.1) is 26.7 Å². The number of methoxy groups -OCH3 is 1. The lowest BCUT2D eigenvalue weighted by Crippen LogP contribution is -2.41. The van der Waals surface area contributed by atoms with Crippen LogP contribution >= 0.6 is 0 Å². The first-order chi connectivity index (χ1) is 9.78. The van der Waals surface area contributed by atoms with E-state index in [2.05, 4.69) is 0 Å². The van der Waals surface area contributed by atoms with Crippen LogP contribution in [-0.2, 0) is 16.0 Å². The van der Waals surface area contributed by atoms with E-state index in [-0.39, 0.29) is 5.91 Å². The zero-order valence-electron chi connectivity index (χ0n) is 11.5. The molecule has 0 spiro atoms. The fourth-order valence-electron chi connectivity index (χ4n) is 2.50. The van der Waals surface area contributed by atoms with Gasteiger partial charge < -0.3 is 18.8 Å². The van der Waals surface area contributed by atoms with Gasteiger partial charge in [-0.25, -0.2) is 0 Å².